The fraction of sp³-hybridized carbons (Fsp3) is 0.0909. The van der Waals surface area contributed by atoms with Crippen LogP contribution in [0.15, 0.2) is 65.7 Å². The molecule has 0 fully saturated rings. The van der Waals surface area contributed by atoms with Gasteiger partial charge in [-0.05, 0) is 55.0 Å². The number of oxazole rings is 1. The highest BCUT2D eigenvalue weighted by atomic mass is 19.1. The highest BCUT2D eigenvalue weighted by Crippen LogP contribution is 2.26. The van der Waals surface area contributed by atoms with E-state index in [4.69, 9.17) is 9.15 Å². The molecule has 0 aliphatic rings. The number of ether oxygens (including phenoxy) is 1. The molecule has 6 heteroatoms. The summed E-state index contributed by atoms with van der Waals surface area (Å²) in [5, 5.41) is 0. The van der Waals surface area contributed by atoms with Crippen molar-refractivity contribution < 1.29 is 13.5 Å². The zero-order chi connectivity index (χ0) is 19.5. The van der Waals surface area contributed by atoms with Gasteiger partial charge in [-0.1, -0.05) is 6.07 Å². The number of benzene rings is 2. The lowest BCUT2D eigenvalue weighted by Gasteiger charge is -2.09. The van der Waals surface area contributed by atoms with Gasteiger partial charge in [0.15, 0.2) is 0 Å². The number of rotatable bonds is 5. The van der Waals surface area contributed by atoms with Crippen LogP contribution in [0.5, 0.6) is 5.75 Å². The molecule has 0 aliphatic carbocycles. The summed E-state index contributed by atoms with van der Waals surface area (Å²) in [6, 6.07) is 12.0. The van der Waals surface area contributed by atoms with Crippen LogP contribution in [0.2, 0.25) is 0 Å². The first kappa shape index (κ1) is 17.7. The van der Waals surface area contributed by atoms with Gasteiger partial charge in [-0.15, -0.1) is 0 Å². The number of nitrogens with zero attached hydrogens (tertiary/aromatic N) is 3. The Morgan fingerprint density at radius 2 is 1.93 bits per heavy atom. The zero-order valence-electron chi connectivity index (χ0n) is 15.5. The van der Waals surface area contributed by atoms with Crippen LogP contribution in [-0.4, -0.2) is 21.6 Å². The Balaban J connectivity index is 1.56. The van der Waals surface area contributed by atoms with Crippen LogP contribution in [0.4, 0.5) is 4.39 Å². The molecular formula is C22H18FN3O2. The van der Waals surface area contributed by atoms with Crippen LogP contribution in [0.3, 0.4) is 0 Å². The first-order valence-corrected chi connectivity index (χ1v) is 8.71. The molecule has 0 unspecified atom stereocenters. The van der Waals surface area contributed by atoms with Gasteiger partial charge < -0.3 is 13.7 Å². The predicted octanol–water partition coefficient (Wildman–Crippen LogP) is 5.15. The molecule has 5 nitrogen and oxygen atoms in total. The van der Waals surface area contributed by atoms with Crippen LogP contribution < -0.4 is 4.74 Å². The average molecular weight is 375 g/mol. The largest absolute Gasteiger partial charge is 0.495 e. The van der Waals surface area contributed by atoms with Crippen LogP contribution in [0, 0.1) is 12.7 Å². The Kier molecular flexibility index (Phi) is 4.76. The van der Waals surface area contributed by atoms with E-state index in [0.717, 1.165) is 28.3 Å². The minimum Gasteiger partial charge on any atom is -0.495 e. The molecule has 0 bridgehead atoms. The maximum atomic E-state index is 13.0. The van der Waals surface area contributed by atoms with Crippen molar-refractivity contribution >= 4 is 12.2 Å². The van der Waals surface area contributed by atoms with Crippen LogP contribution in [-0.2, 0) is 0 Å². The van der Waals surface area contributed by atoms with Gasteiger partial charge >= 0.3 is 0 Å². The van der Waals surface area contributed by atoms with Gasteiger partial charge in [0.2, 0.25) is 5.89 Å². The zero-order valence-corrected chi connectivity index (χ0v) is 15.5. The first-order chi connectivity index (χ1) is 13.6. The quantitative estimate of drug-likeness (QED) is 0.484. The van der Waals surface area contributed by atoms with E-state index < -0.39 is 0 Å². The number of hydrogen-bond donors (Lipinski definition) is 0. The number of halogens is 1. The highest BCUT2D eigenvalue weighted by Gasteiger charge is 2.07. The van der Waals surface area contributed by atoms with E-state index in [9.17, 15) is 4.39 Å². The summed E-state index contributed by atoms with van der Waals surface area (Å²) in [7, 11) is 1.64. The molecule has 28 heavy (non-hydrogen) atoms. The Morgan fingerprint density at radius 3 is 2.64 bits per heavy atom. The molecule has 4 rings (SSSR count). The van der Waals surface area contributed by atoms with Crippen LogP contribution in [0.25, 0.3) is 29.1 Å². The van der Waals surface area contributed by atoms with Gasteiger partial charge in [-0.2, -0.15) is 0 Å². The molecule has 0 aliphatic heterocycles. The third-order valence-corrected chi connectivity index (χ3v) is 4.27. The van der Waals surface area contributed by atoms with Crippen molar-refractivity contribution in [1.29, 1.82) is 0 Å². The number of hydrogen-bond acceptors (Lipinski definition) is 4. The van der Waals surface area contributed by atoms with Gasteiger partial charge in [0.1, 0.15) is 23.5 Å². The van der Waals surface area contributed by atoms with Crippen molar-refractivity contribution in [3.63, 3.8) is 0 Å². The summed E-state index contributed by atoms with van der Waals surface area (Å²) < 4.78 is 26.0. The molecule has 2 heterocycles. The van der Waals surface area contributed by atoms with E-state index in [-0.39, 0.29) is 5.82 Å². The fourth-order valence-corrected chi connectivity index (χ4v) is 2.85. The molecule has 0 spiro atoms. The maximum Gasteiger partial charge on any atom is 0.219 e. The third kappa shape index (κ3) is 3.71. The van der Waals surface area contributed by atoms with Crippen molar-refractivity contribution in [1.82, 2.24) is 14.5 Å². The lowest BCUT2D eigenvalue weighted by molar-refractivity contribution is 0.413. The lowest BCUT2D eigenvalue weighted by Crippen LogP contribution is -1.95. The summed E-state index contributed by atoms with van der Waals surface area (Å²) in [6.45, 7) is 1.94. The standard InChI is InChI=1S/C22H18FN3O2/c1-15-12-26(14-24-15)20-9-3-16(11-21(20)27-2)4-10-22-25-19(13-28-22)17-5-7-18(23)8-6-17/h3-14H,1-2H3/b10-4+. The molecule has 2 aromatic carbocycles. The highest BCUT2D eigenvalue weighted by molar-refractivity contribution is 5.69. The van der Waals surface area contributed by atoms with Gasteiger partial charge in [-0.25, -0.2) is 14.4 Å². The summed E-state index contributed by atoms with van der Waals surface area (Å²) in [5.74, 6) is 0.919. The van der Waals surface area contributed by atoms with Gasteiger partial charge in [0, 0.05) is 17.8 Å². The molecule has 0 saturated heterocycles. The number of aryl methyl sites for hydroxylation is 1. The first-order valence-electron chi connectivity index (χ1n) is 8.71. The Labute approximate surface area is 161 Å². The van der Waals surface area contributed by atoms with E-state index in [1.807, 2.05) is 42.0 Å². The predicted molar refractivity (Wildman–Crippen MR) is 106 cm³/mol. The molecule has 2 aromatic heterocycles. The summed E-state index contributed by atoms with van der Waals surface area (Å²) in [5.41, 5.74) is 4.25. The number of imidazole rings is 1. The SMILES string of the molecule is COc1cc(/C=C/c2nc(-c3ccc(F)cc3)co2)ccc1-n1cnc(C)c1. The Bertz CT molecular complexity index is 1130. The van der Waals surface area contributed by atoms with Crippen molar-refractivity contribution in [3.8, 4) is 22.7 Å². The molecule has 0 atom stereocenters. The Hall–Kier alpha value is -3.67. The van der Waals surface area contributed by atoms with E-state index in [2.05, 4.69) is 9.97 Å². The minimum atomic E-state index is -0.282. The Morgan fingerprint density at radius 1 is 1.11 bits per heavy atom. The van der Waals surface area contributed by atoms with Crippen LogP contribution >= 0.6 is 0 Å². The summed E-state index contributed by atoms with van der Waals surface area (Å²) >= 11 is 0. The molecule has 0 N–H and O–H groups in total. The van der Waals surface area contributed by atoms with Gasteiger partial charge in [0.05, 0.1) is 24.8 Å². The van der Waals surface area contributed by atoms with E-state index in [0.29, 0.717) is 11.6 Å². The fourth-order valence-electron chi connectivity index (χ4n) is 2.85. The van der Waals surface area contributed by atoms with E-state index in [1.165, 1.54) is 12.1 Å². The second kappa shape index (κ2) is 7.52. The second-order valence-electron chi connectivity index (χ2n) is 6.26. The monoisotopic (exact) mass is 375 g/mol. The summed E-state index contributed by atoms with van der Waals surface area (Å²) in [6.07, 6.45) is 8.93. The number of methoxy groups -OCH3 is 1. The van der Waals surface area contributed by atoms with E-state index in [1.54, 1.807) is 37.9 Å². The van der Waals surface area contributed by atoms with Crippen molar-refractivity contribution in [3.05, 3.63) is 84.2 Å². The van der Waals surface area contributed by atoms with E-state index >= 15 is 0 Å². The molecule has 4 aromatic rings. The van der Waals surface area contributed by atoms with Crippen molar-refractivity contribution in [2.45, 2.75) is 6.92 Å². The minimum absolute atomic E-state index is 0.282. The van der Waals surface area contributed by atoms with Crippen molar-refractivity contribution in [2.24, 2.45) is 0 Å². The summed E-state index contributed by atoms with van der Waals surface area (Å²) in [4.78, 5) is 8.67. The molecule has 0 saturated carbocycles. The maximum absolute atomic E-state index is 13.0. The van der Waals surface area contributed by atoms with Crippen molar-refractivity contribution in [2.75, 3.05) is 7.11 Å². The molecule has 0 amide bonds. The average Bonchev–Trinajstić information content (AvgIpc) is 3.36. The van der Waals surface area contributed by atoms with Gasteiger partial charge in [0.25, 0.3) is 0 Å². The smallest absolute Gasteiger partial charge is 0.219 e. The third-order valence-electron chi connectivity index (χ3n) is 4.27. The molecular weight excluding hydrogens is 357 g/mol. The lowest BCUT2D eigenvalue weighted by atomic mass is 10.1. The number of aromatic nitrogens is 3. The second-order valence-corrected chi connectivity index (χ2v) is 6.26. The van der Waals surface area contributed by atoms with Gasteiger partial charge in [-0.3, -0.25) is 0 Å². The van der Waals surface area contributed by atoms with Crippen LogP contribution in [0.1, 0.15) is 17.1 Å². The normalized spacial score (nSPS) is 11.2. The molecule has 140 valence electrons. The molecule has 0 radical (unpaired) electrons. The topological polar surface area (TPSA) is 53.1 Å².